The number of nitrogens with one attached hydrogen (secondary N) is 2. The van der Waals surface area contributed by atoms with Crippen LogP contribution >= 0.6 is 0 Å². The maximum atomic E-state index is 12.4. The summed E-state index contributed by atoms with van der Waals surface area (Å²) in [6, 6.07) is 7.85. The molecule has 1 aromatic rings. The summed E-state index contributed by atoms with van der Waals surface area (Å²) in [5.74, 6) is -0.0138. The molecule has 0 aliphatic heterocycles. The molecule has 1 amide bonds. The number of hydrogen-bond acceptors (Lipinski definition) is 3. The zero-order valence-corrected chi connectivity index (χ0v) is 15.5. The first-order valence-electron chi connectivity index (χ1n) is 8.72. The van der Waals surface area contributed by atoms with Crippen molar-refractivity contribution in [1.82, 2.24) is 4.72 Å². The number of rotatable bonds is 6. The van der Waals surface area contributed by atoms with E-state index in [1.807, 2.05) is 24.3 Å². The van der Waals surface area contributed by atoms with Gasteiger partial charge in [0.05, 0.1) is 5.25 Å². The third kappa shape index (κ3) is 5.05. The molecule has 1 aliphatic carbocycles. The lowest BCUT2D eigenvalue weighted by Crippen LogP contribution is -2.42. The minimum absolute atomic E-state index is 0.0319. The highest BCUT2D eigenvalue weighted by atomic mass is 32.2. The highest BCUT2D eigenvalue weighted by Gasteiger charge is 2.29. The molecule has 0 bridgehead atoms. The monoisotopic (exact) mass is 352 g/mol. The summed E-state index contributed by atoms with van der Waals surface area (Å²) < 4.78 is 26.6. The van der Waals surface area contributed by atoms with E-state index in [0.717, 1.165) is 12.1 Å². The lowest BCUT2D eigenvalue weighted by molar-refractivity contribution is -0.120. The Morgan fingerprint density at radius 2 is 1.71 bits per heavy atom. The van der Waals surface area contributed by atoms with Crippen molar-refractivity contribution >= 4 is 21.6 Å². The van der Waals surface area contributed by atoms with Crippen molar-refractivity contribution in [3.63, 3.8) is 0 Å². The summed E-state index contributed by atoms with van der Waals surface area (Å²) in [4.78, 5) is 12.4. The molecular weight excluding hydrogens is 324 g/mol. The van der Waals surface area contributed by atoms with Gasteiger partial charge in [-0.1, -0.05) is 19.1 Å². The fourth-order valence-corrected chi connectivity index (χ4v) is 3.88. The Bertz CT molecular complexity index is 645. The molecule has 24 heavy (non-hydrogen) atoms. The Morgan fingerprint density at radius 3 is 2.21 bits per heavy atom. The van der Waals surface area contributed by atoms with Crippen molar-refractivity contribution in [2.45, 2.75) is 64.2 Å². The summed E-state index contributed by atoms with van der Waals surface area (Å²) in [7, 11) is -3.24. The van der Waals surface area contributed by atoms with E-state index >= 15 is 0 Å². The second kappa shape index (κ2) is 8.12. The van der Waals surface area contributed by atoms with Gasteiger partial charge in [-0.25, -0.2) is 13.1 Å². The van der Waals surface area contributed by atoms with E-state index < -0.39 is 15.3 Å². The Hall–Kier alpha value is -1.40. The molecule has 134 valence electrons. The van der Waals surface area contributed by atoms with Crippen molar-refractivity contribution in [3.05, 3.63) is 29.8 Å². The van der Waals surface area contributed by atoms with Gasteiger partial charge in [-0.05, 0) is 63.6 Å². The smallest absolute Gasteiger partial charge is 0.227 e. The van der Waals surface area contributed by atoms with Crippen LogP contribution in [0.25, 0.3) is 0 Å². The molecule has 2 rings (SSSR count). The minimum atomic E-state index is -3.24. The van der Waals surface area contributed by atoms with Crippen LogP contribution in [0.5, 0.6) is 0 Å². The van der Waals surface area contributed by atoms with E-state index in [0.29, 0.717) is 25.7 Å². The Balaban J connectivity index is 1.84. The number of aryl methyl sites for hydroxylation is 1. The van der Waals surface area contributed by atoms with Crippen LogP contribution in [-0.4, -0.2) is 25.6 Å². The van der Waals surface area contributed by atoms with Crippen molar-refractivity contribution in [2.24, 2.45) is 5.92 Å². The summed E-state index contributed by atoms with van der Waals surface area (Å²) in [6.45, 7) is 5.44. The molecule has 0 unspecified atom stereocenters. The summed E-state index contributed by atoms with van der Waals surface area (Å²) in [5, 5.41) is 2.54. The van der Waals surface area contributed by atoms with Gasteiger partial charge in [0.1, 0.15) is 0 Å². The molecule has 1 fully saturated rings. The maximum absolute atomic E-state index is 12.4. The van der Waals surface area contributed by atoms with E-state index in [4.69, 9.17) is 0 Å². The van der Waals surface area contributed by atoms with E-state index in [1.54, 1.807) is 13.8 Å². The van der Waals surface area contributed by atoms with Gasteiger partial charge in [0, 0.05) is 17.6 Å². The summed E-state index contributed by atoms with van der Waals surface area (Å²) in [6.07, 6.45) is 3.82. The minimum Gasteiger partial charge on any atom is -0.326 e. The van der Waals surface area contributed by atoms with Crippen LogP contribution in [0.3, 0.4) is 0 Å². The van der Waals surface area contributed by atoms with Crippen LogP contribution in [0.2, 0.25) is 0 Å². The summed E-state index contributed by atoms with van der Waals surface area (Å²) in [5.41, 5.74) is 2.06. The lowest BCUT2D eigenvalue weighted by Gasteiger charge is -2.28. The maximum Gasteiger partial charge on any atom is 0.227 e. The van der Waals surface area contributed by atoms with Crippen LogP contribution in [0.15, 0.2) is 24.3 Å². The van der Waals surface area contributed by atoms with Gasteiger partial charge in [-0.15, -0.1) is 0 Å². The van der Waals surface area contributed by atoms with Gasteiger partial charge in [0.25, 0.3) is 0 Å². The average molecular weight is 353 g/mol. The molecule has 6 heteroatoms. The number of sulfonamides is 1. The van der Waals surface area contributed by atoms with Crippen LogP contribution in [0, 0.1) is 5.92 Å². The second-order valence-electron chi connectivity index (χ2n) is 6.80. The predicted octanol–water partition coefficient (Wildman–Crippen LogP) is 3.07. The van der Waals surface area contributed by atoms with Gasteiger partial charge in [0.15, 0.2) is 0 Å². The van der Waals surface area contributed by atoms with Gasteiger partial charge < -0.3 is 5.32 Å². The Morgan fingerprint density at radius 1 is 1.12 bits per heavy atom. The predicted molar refractivity (Wildman–Crippen MR) is 97.4 cm³/mol. The molecule has 1 aliphatic rings. The first-order valence-corrected chi connectivity index (χ1v) is 10.3. The molecule has 1 aromatic carbocycles. The van der Waals surface area contributed by atoms with Gasteiger partial charge in [-0.3, -0.25) is 4.79 Å². The van der Waals surface area contributed by atoms with E-state index in [9.17, 15) is 13.2 Å². The van der Waals surface area contributed by atoms with Crippen molar-refractivity contribution in [1.29, 1.82) is 0 Å². The van der Waals surface area contributed by atoms with E-state index in [2.05, 4.69) is 17.0 Å². The van der Waals surface area contributed by atoms with Crippen molar-refractivity contribution in [2.75, 3.05) is 5.32 Å². The molecule has 5 nitrogen and oxygen atoms in total. The van der Waals surface area contributed by atoms with E-state index in [1.165, 1.54) is 5.56 Å². The third-order valence-electron chi connectivity index (χ3n) is 4.68. The number of carbonyl (C=O) groups is 1. The van der Waals surface area contributed by atoms with Crippen molar-refractivity contribution < 1.29 is 13.2 Å². The normalized spacial score (nSPS) is 21.7. The highest BCUT2D eigenvalue weighted by molar-refractivity contribution is 7.90. The first-order chi connectivity index (χ1) is 11.3. The van der Waals surface area contributed by atoms with Gasteiger partial charge in [-0.2, -0.15) is 0 Å². The molecule has 0 heterocycles. The fraction of sp³-hybridized carbons (Fsp3) is 0.611. The Labute approximate surface area is 145 Å². The van der Waals surface area contributed by atoms with E-state index in [-0.39, 0.29) is 17.9 Å². The second-order valence-corrected chi connectivity index (χ2v) is 9.07. The number of anilines is 1. The SMILES string of the molecule is CCc1ccc(NC(=O)[C@H]2CC[C@H](NS(=O)(=O)C(C)C)CC2)cc1. The highest BCUT2D eigenvalue weighted by Crippen LogP contribution is 2.26. The number of hydrogen-bond donors (Lipinski definition) is 2. The molecule has 0 radical (unpaired) electrons. The molecule has 0 spiro atoms. The zero-order chi connectivity index (χ0) is 17.7. The zero-order valence-electron chi connectivity index (χ0n) is 14.7. The van der Waals surface area contributed by atoms with Crippen LogP contribution in [0.4, 0.5) is 5.69 Å². The average Bonchev–Trinajstić information content (AvgIpc) is 2.55. The van der Waals surface area contributed by atoms with Crippen LogP contribution in [0.1, 0.15) is 52.0 Å². The standard InChI is InChI=1S/C18H28N2O3S/c1-4-14-5-9-16(10-6-14)19-18(21)15-7-11-17(12-8-15)20-24(22,23)13(2)3/h5-6,9-10,13,15,17,20H,4,7-8,11-12H2,1-3H3,(H,19,21)/t15-,17-. The number of amides is 1. The molecule has 0 atom stereocenters. The topological polar surface area (TPSA) is 75.3 Å². The van der Waals surface area contributed by atoms with Crippen LogP contribution in [-0.2, 0) is 21.2 Å². The lowest BCUT2D eigenvalue weighted by atomic mass is 9.86. The summed E-state index contributed by atoms with van der Waals surface area (Å²) >= 11 is 0. The number of carbonyl (C=O) groups excluding carboxylic acids is 1. The van der Waals surface area contributed by atoms with Gasteiger partial charge in [0.2, 0.25) is 15.9 Å². The largest absolute Gasteiger partial charge is 0.326 e. The molecule has 0 aromatic heterocycles. The first kappa shape index (κ1) is 18.9. The quantitative estimate of drug-likeness (QED) is 0.826. The van der Waals surface area contributed by atoms with Gasteiger partial charge >= 0.3 is 0 Å². The van der Waals surface area contributed by atoms with Crippen molar-refractivity contribution in [3.8, 4) is 0 Å². The fourth-order valence-electron chi connectivity index (χ4n) is 2.91. The molecule has 1 saturated carbocycles. The van der Waals surface area contributed by atoms with Crippen LogP contribution < -0.4 is 10.0 Å². The molecular formula is C18H28N2O3S. The molecule has 0 saturated heterocycles. The third-order valence-corrected chi connectivity index (χ3v) is 6.58. The Kier molecular flexibility index (Phi) is 6.40. The number of benzene rings is 1. The molecule has 2 N–H and O–H groups in total.